The van der Waals surface area contributed by atoms with Crippen LogP contribution in [0.25, 0.3) is 0 Å². The molecule has 1 aliphatic heterocycles. The van der Waals surface area contributed by atoms with Gasteiger partial charge in [-0.2, -0.15) is 4.98 Å². The number of rotatable bonds is 5. The summed E-state index contributed by atoms with van der Waals surface area (Å²) in [5.41, 5.74) is 5.01. The van der Waals surface area contributed by atoms with Gasteiger partial charge in [0.15, 0.2) is 0 Å². The smallest absolute Gasteiger partial charge is 0.266 e. The number of anilines is 1. The standard InChI is InChI=1S/C10H18N6O2/c1-15-2-4-16(5-3-15)10-13-9(18-14-10)7-12-6-8(11)17/h12H,2-7H2,1H3,(H2,11,17). The Morgan fingerprint density at radius 1 is 1.44 bits per heavy atom. The van der Waals surface area contributed by atoms with Crippen molar-refractivity contribution in [3.05, 3.63) is 5.89 Å². The molecule has 1 aromatic rings. The van der Waals surface area contributed by atoms with Gasteiger partial charge in [-0.15, -0.1) is 0 Å². The monoisotopic (exact) mass is 254 g/mol. The molecule has 0 bridgehead atoms. The van der Waals surface area contributed by atoms with E-state index in [1.807, 2.05) is 0 Å². The fraction of sp³-hybridized carbons (Fsp3) is 0.700. The number of aromatic nitrogens is 2. The SMILES string of the molecule is CN1CCN(c2noc(CNCC(N)=O)n2)CC1. The van der Waals surface area contributed by atoms with Crippen LogP contribution in [0, 0.1) is 0 Å². The summed E-state index contributed by atoms with van der Waals surface area (Å²) >= 11 is 0. The minimum atomic E-state index is -0.409. The minimum Gasteiger partial charge on any atom is -0.369 e. The molecule has 0 saturated carbocycles. The van der Waals surface area contributed by atoms with E-state index in [0.717, 1.165) is 26.2 Å². The first-order valence-electron chi connectivity index (χ1n) is 5.90. The highest BCUT2D eigenvalue weighted by Crippen LogP contribution is 2.11. The number of carbonyl (C=O) groups excluding carboxylic acids is 1. The highest BCUT2D eigenvalue weighted by Gasteiger charge is 2.18. The van der Waals surface area contributed by atoms with Crippen LogP contribution >= 0.6 is 0 Å². The fourth-order valence-corrected chi connectivity index (χ4v) is 1.75. The number of piperazine rings is 1. The Kier molecular flexibility index (Phi) is 4.11. The number of primary amides is 1. The quantitative estimate of drug-likeness (QED) is 0.652. The normalized spacial score (nSPS) is 17.1. The van der Waals surface area contributed by atoms with Crippen molar-refractivity contribution < 1.29 is 9.32 Å². The van der Waals surface area contributed by atoms with E-state index < -0.39 is 5.91 Å². The van der Waals surface area contributed by atoms with Crippen molar-refractivity contribution in [2.45, 2.75) is 6.54 Å². The minimum absolute atomic E-state index is 0.103. The molecule has 2 rings (SSSR count). The van der Waals surface area contributed by atoms with Gasteiger partial charge in [-0.25, -0.2) is 0 Å². The maximum absolute atomic E-state index is 10.6. The second-order valence-corrected chi connectivity index (χ2v) is 4.35. The van der Waals surface area contributed by atoms with Gasteiger partial charge in [0.2, 0.25) is 11.8 Å². The van der Waals surface area contributed by atoms with Crippen LogP contribution < -0.4 is 16.0 Å². The summed E-state index contributed by atoms with van der Waals surface area (Å²) in [4.78, 5) is 19.2. The molecule has 0 spiro atoms. The van der Waals surface area contributed by atoms with Crippen molar-refractivity contribution in [1.82, 2.24) is 20.4 Å². The van der Waals surface area contributed by atoms with Gasteiger partial charge in [-0.3, -0.25) is 10.1 Å². The number of nitrogens with two attached hydrogens (primary N) is 1. The van der Waals surface area contributed by atoms with Crippen LogP contribution in [-0.4, -0.2) is 60.7 Å². The second-order valence-electron chi connectivity index (χ2n) is 4.35. The largest absolute Gasteiger partial charge is 0.369 e. The molecular formula is C10H18N6O2. The zero-order valence-corrected chi connectivity index (χ0v) is 10.4. The lowest BCUT2D eigenvalue weighted by molar-refractivity contribution is -0.117. The van der Waals surface area contributed by atoms with E-state index in [9.17, 15) is 4.79 Å². The van der Waals surface area contributed by atoms with Crippen molar-refractivity contribution >= 4 is 11.9 Å². The summed E-state index contributed by atoms with van der Waals surface area (Å²) in [5.74, 6) is 0.665. The Balaban J connectivity index is 1.84. The molecule has 1 aromatic heterocycles. The van der Waals surface area contributed by atoms with Crippen LogP contribution in [0.1, 0.15) is 5.89 Å². The number of amides is 1. The number of hydrogen-bond donors (Lipinski definition) is 2. The van der Waals surface area contributed by atoms with Gasteiger partial charge in [0.25, 0.3) is 5.95 Å². The van der Waals surface area contributed by atoms with Crippen molar-refractivity contribution in [3.63, 3.8) is 0 Å². The van der Waals surface area contributed by atoms with E-state index in [0.29, 0.717) is 18.4 Å². The molecule has 0 radical (unpaired) electrons. The molecule has 100 valence electrons. The molecule has 1 amide bonds. The molecule has 8 nitrogen and oxygen atoms in total. The average Bonchev–Trinajstić information content (AvgIpc) is 2.78. The number of carbonyl (C=O) groups is 1. The van der Waals surface area contributed by atoms with Gasteiger partial charge in [-0.1, -0.05) is 0 Å². The zero-order valence-electron chi connectivity index (χ0n) is 10.4. The predicted octanol–water partition coefficient (Wildman–Crippen LogP) is -1.60. The van der Waals surface area contributed by atoms with E-state index in [1.54, 1.807) is 0 Å². The second kappa shape index (κ2) is 5.78. The molecule has 0 aliphatic carbocycles. The summed E-state index contributed by atoms with van der Waals surface area (Å²) < 4.78 is 5.10. The maximum Gasteiger partial charge on any atom is 0.266 e. The lowest BCUT2D eigenvalue weighted by Gasteiger charge is -2.31. The van der Waals surface area contributed by atoms with Gasteiger partial charge < -0.3 is 20.1 Å². The molecule has 0 unspecified atom stereocenters. The molecule has 2 heterocycles. The number of hydrogen-bond acceptors (Lipinski definition) is 7. The van der Waals surface area contributed by atoms with Crippen molar-refractivity contribution in [2.24, 2.45) is 5.73 Å². The average molecular weight is 254 g/mol. The molecule has 0 aromatic carbocycles. The van der Waals surface area contributed by atoms with Crippen molar-refractivity contribution in [2.75, 3.05) is 44.7 Å². The highest BCUT2D eigenvalue weighted by molar-refractivity contribution is 5.75. The molecule has 8 heteroatoms. The number of nitrogens with one attached hydrogen (secondary N) is 1. The van der Waals surface area contributed by atoms with Crippen LogP contribution in [0.4, 0.5) is 5.95 Å². The van der Waals surface area contributed by atoms with Crippen LogP contribution in [0.5, 0.6) is 0 Å². The Morgan fingerprint density at radius 3 is 2.83 bits per heavy atom. The Hall–Kier alpha value is -1.67. The fourth-order valence-electron chi connectivity index (χ4n) is 1.75. The summed E-state index contributed by atoms with van der Waals surface area (Å²) in [6.07, 6.45) is 0. The van der Waals surface area contributed by atoms with E-state index in [1.165, 1.54) is 0 Å². The zero-order chi connectivity index (χ0) is 13.0. The van der Waals surface area contributed by atoms with Crippen molar-refractivity contribution in [1.29, 1.82) is 0 Å². The van der Waals surface area contributed by atoms with Gasteiger partial charge in [0, 0.05) is 26.2 Å². The summed E-state index contributed by atoms with van der Waals surface area (Å²) in [6.45, 7) is 4.22. The van der Waals surface area contributed by atoms with Gasteiger partial charge in [-0.05, 0) is 12.2 Å². The summed E-state index contributed by atoms with van der Waals surface area (Å²) in [5, 5.41) is 6.75. The van der Waals surface area contributed by atoms with Crippen LogP contribution in [0.3, 0.4) is 0 Å². The molecule has 18 heavy (non-hydrogen) atoms. The molecular weight excluding hydrogens is 236 g/mol. The predicted molar refractivity (Wildman–Crippen MR) is 64.9 cm³/mol. The first-order chi connectivity index (χ1) is 8.65. The third-order valence-corrected chi connectivity index (χ3v) is 2.82. The lowest BCUT2D eigenvalue weighted by atomic mass is 10.3. The molecule has 1 saturated heterocycles. The van der Waals surface area contributed by atoms with Crippen molar-refractivity contribution in [3.8, 4) is 0 Å². The first kappa shape index (κ1) is 12.8. The summed E-state index contributed by atoms with van der Waals surface area (Å²) in [6, 6.07) is 0. The van der Waals surface area contributed by atoms with Gasteiger partial charge >= 0.3 is 0 Å². The Morgan fingerprint density at radius 2 is 2.17 bits per heavy atom. The topological polar surface area (TPSA) is 101 Å². The van der Waals surface area contributed by atoms with Gasteiger partial charge in [0.1, 0.15) is 0 Å². The third-order valence-electron chi connectivity index (χ3n) is 2.82. The lowest BCUT2D eigenvalue weighted by Crippen LogP contribution is -2.44. The summed E-state index contributed by atoms with van der Waals surface area (Å²) in [7, 11) is 2.09. The van der Waals surface area contributed by atoms with Gasteiger partial charge in [0.05, 0.1) is 13.1 Å². The molecule has 3 N–H and O–H groups in total. The van der Waals surface area contributed by atoms with E-state index in [2.05, 4.69) is 32.3 Å². The number of nitrogens with zero attached hydrogens (tertiary/aromatic N) is 4. The Labute approximate surface area is 105 Å². The van der Waals surface area contributed by atoms with E-state index in [4.69, 9.17) is 10.3 Å². The van der Waals surface area contributed by atoms with Crippen LogP contribution in [0.15, 0.2) is 4.52 Å². The maximum atomic E-state index is 10.6. The molecule has 0 atom stereocenters. The first-order valence-corrected chi connectivity index (χ1v) is 5.90. The van der Waals surface area contributed by atoms with Crippen LogP contribution in [0.2, 0.25) is 0 Å². The van der Waals surface area contributed by atoms with E-state index >= 15 is 0 Å². The molecule has 1 aliphatic rings. The third kappa shape index (κ3) is 3.41. The Bertz CT molecular complexity index is 399. The number of likely N-dealkylation sites (N-methyl/N-ethyl adjacent to an activating group) is 1. The van der Waals surface area contributed by atoms with Crippen LogP contribution in [-0.2, 0) is 11.3 Å². The van der Waals surface area contributed by atoms with E-state index in [-0.39, 0.29) is 6.54 Å². The highest BCUT2D eigenvalue weighted by atomic mass is 16.5. The molecule has 1 fully saturated rings.